The topological polar surface area (TPSA) is 87.6 Å². The minimum Gasteiger partial charge on any atom is -0.494 e. The van der Waals surface area contributed by atoms with E-state index < -0.39 is 0 Å². The fraction of sp³-hybridized carbons (Fsp3) is 0.250. The number of aromatic nitrogens is 1. The predicted molar refractivity (Wildman–Crippen MR) is 140 cm³/mol. The van der Waals surface area contributed by atoms with Gasteiger partial charge in [0.15, 0.2) is 0 Å². The Labute approximate surface area is 207 Å². The molecule has 1 aliphatic carbocycles. The Morgan fingerprint density at radius 3 is 2.60 bits per heavy atom. The number of benzene rings is 2. The Hall–Kier alpha value is -3.89. The summed E-state index contributed by atoms with van der Waals surface area (Å²) in [5.41, 5.74) is 2.39. The molecule has 2 aromatic heterocycles. The zero-order valence-corrected chi connectivity index (χ0v) is 20.3. The molecule has 0 amide bonds. The second kappa shape index (κ2) is 9.77. The Bertz CT molecular complexity index is 1520. The van der Waals surface area contributed by atoms with Crippen LogP contribution in [-0.4, -0.2) is 22.5 Å². The van der Waals surface area contributed by atoms with Crippen LogP contribution in [0, 0.1) is 11.3 Å². The molecule has 0 atom stereocenters. The van der Waals surface area contributed by atoms with Crippen LogP contribution < -0.4 is 10.3 Å². The number of aromatic hydroxyl groups is 1. The summed E-state index contributed by atoms with van der Waals surface area (Å²) >= 11 is 1.56. The highest BCUT2D eigenvalue weighted by atomic mass is 32.1. The van der Waals surface area contributed by atoms with Gasteiger partial charge in [-0.25, -0.2) is 9.56 Å². The molecule has 0 fully saturated rings. The maximum absolute atomic E-state index is 13.3. The van der Waals surface area contributed by atoms with Gasteiger partial charge in [0.2, 0.25) is 5.88 Å². The first-order valence-electron chi connectivity index (χ1n) is 11.8. The van der Waals surface area contributed by atoms with Crippen molar-refractivity contribution in [1.29, 1.82) is 5.26 Å². The maximum atomic E-state index is 13.3. The Kier molecular flexibility index (Phi) is 6.39. The molecule has 0 saturated carbocycles. The molecule has 0 saturated heterocycles. The standard InChI is InChI=1S/C28H25N3O3S/c1-2-34-19-14-12-18(13-15-19)31-27(32)22-10-7-6-8-20(22)24(28(31)33)17-30-26-23(16-29)21-9-4-3-5-11-25(21)35-26/h6-8,10,12-15,17,33H,2-5,9,11H2,1H3/b30-17+. The van der Waals surface area contributed by atoms with Crippen molar-refractivity contribution in [3.8, 4) is 23.4 Å². The van der Waals surface area contributed by atoms with Gasteiger partial charge >= 0.3 is 0 Å². The van der Waals surface area contributed by atoms with Crippen molar-refractivity contribution in [2.75, 3.05) is 6.61 Å². The molecule has 0 spiro atoms. The van der Waals surface area contributed by atoms with Crippen molar-refractivity contribution in [2.24, 2.45) is 4.99 Å². The van der Waals surface area contributed by atoms with Crippen molar-refractivity contribution >= 4 is 33.3 Å². The number of aliphatic imine (C=N–C) groups is 1. The summed E-state index contributed by atoms with van der Waals surface area (Å²) in [6.45, 7) is 2.44. The highest BCUT2D eigenvalue weighted by molar-refractivity contribution is 7.16. The molecule has 176 valence electrons. The third-order valence-corrected chi connectivity index (χ3v) is 7.53. The van der Waals surface area contributed by atoms with Gasteiger partial charge < -0.3 is 9.84 Å². The zero-order valence-electron chi connectivity index (χ0n) is 19.5. The quantitative estimate of drug-likeness (QED) is 0.277. The number of hydrogen-bond acceptors (Lipinski definition) is 6. The third kappa shape index (κ3) is 4.22. The first-order valence-corrected chi connectivity index (χ1v) is 12.6. The summed E-state index contributed by atoms with van der Waals surface area (Å²) in [4.78, 5) is 19.2. The number of nitrogens with zero attached hydrogens (tertiary/aromatic N) is 3. The van der Waals surface area contributed by atoms with Gasteiger partial charge in [-0.2, -0.15) is 5.26 Å². The molecule has 0 radical (unpaired) electrons. The molecule has 4 aromatic rings. The number of fused-ring (bicyclic) bond motifs is 2. The monoisotopic (exact) mass is 483 g/mol. The van der Waals surface area contributed by atoms with Crippen LogP contribution in [0.4, 0.5) is 5.00 Å². The van der Waals surface area contributed by atoms with Crippen LogP contribution >= 0.6 is 11.3 Å². The molecular formula is C28H25N3O3S. The van der Waals surface area contributed by atoms with E-state index in [0.717, 1.165) is 31.2 Å². The molecule has 5 rings (SSSR count). The molecule has 2 aromatic carbocycles. The Balaban J connectivity index is 1.65. The first kappa shape index (κ1) is 22.9. The molecule has 7 heteroatoms. The van der Waals surface area contributed by atoms with Crippen LogP contribution in [0.15, 0.2) is 58.3 Å². The van der Waals surface area contributed by atoms with Gasteiger partial charge in [0.25, 0.3) is 5.56 Å². The average molecular weight is 484 g/mol. The van der Waals surface area contributed by atoms with Crippen molar-refractivity contribution in [3.63, 3.8) is 0 Å². The van der Waals surface area contributed by atoms with E-state index in [9.17, 15) is 15.2 Å². The normalized spacial score (nSPS) is 13.5. The Morgan fingerprint density at radius 1 is 1.11 bits per heavy atom. The summed E-state index contributed by atoms with van der Waals surface area (Å²) in [5, 5.41) is 22.9. The van der Waals surface area contributed by atoms with Crippen LogP contribution in [0.2, 0.25) is 0 Å². The maximum Gasteiger partial charge on any atom is 0.265 e. The van der Waals surface area contributed by atoms with E-state index >= 15 is 0 Å². The second-order valence-corrected chi connectivity index (χ2v) is 9.55. The number of thiophene rings is 1. The molecule has 0 bridgehead atoms. The summed E-state index contributed by atoms with van der Waals surface area (Å²) in [7, 11) is 0. The average Bonchev–Trinajstić information content (AvgIpc) is 3.04. The minimum absolute atomic E-state index is 0.196. The van der Waals surface area contributed by atoms with Gasteiger partial charge in [-0.1, -0.05) is 24.6 Å². The van der Waals surface area contributed by atoms with Crippen LogP contribution in [0.3, 0.4) is 0 Å². The van der Waals surface area contributed by atoms with E-state index in [1.54, 1.807) is 60.0 Å². The summed E-state index contributed by atoms with van der Waals surface area (Å²) in [6, 6.07) is 16.5. The Morgan fingerprint density at radius 2 is 1.86 bits per heavy atom. The fourth-order valence-corrected chi connectivity index (χ4v) is 5.83. The van der Waals surface area contributed by atoms with Gasteiger partial charge in [0.1, 0.15) is 16.8 Å². The van der Waals surface area contributed by atoms with Gasteiger partial charge in [0.05, 0.1) is 23.4 Å². The number of aryl methyl sites for hydroxylation is 1. The van der Waals surface area contributed by atoms with Crippen molar-refractivity contribution in [1.82, 2.24) is 4.57 Å². The molecule has 1 N–H and O–H groups in total. The van der Waals surface area contributed by atoms with Crippen molar-refractivity contribution in [3.05, 3.63) is 80.5 Å². The summed E-state index contributed by atoms with van der Waals surface area (Å²) in [6.07, 6.45) is 6.84. The lowest BCUT2D eigenvalue weighted by molar-refractivity contribution is 0.340. The highest BCUT2D eigenvalue weighted by Crippen LogP contribution is 2.39. The van der Waals surface area contributed by atoms with E-state index in [0.29, 0.717) is 44.9 Å². The predicted octanol–water partition coefficient (Wildman–Crippen LogP) is 6.05. The van der Waals surface area contributed by atoms with Gasteiger partial charge in [-0.3, -0.25) is 4.79 Å². The van der Waals surface area contributed by atoms with Gasteiger partial charge in [-0.15, -0.1) is 11.3 Å². The van der Waals surface area contributed by atoms with Crippen molar-refractivity contribution < 1.29 is 9.84 Å². The largest absolute Gasteiger partial charge is 0.494 e. The molecule has 6 nitrogen and oxygen atoms in total. The van der Waals surface area contributed by atoms with Crippen LogP contribution in [-0.2, 0) is 12.8 Å². The van der Waals surface area contributed by atoms with Gasteiger partial charge in [-0.05, 0) is 68.5 Å². The van der Waals surface area contributed by atoms with E-state index in [1.165, 1.54) is 15.9 Å². The first-order chi connectivity index (χ1) is 17.1. The summed E-state index contributed by atoms with van der Waals surface area (Å²) < 4.78 is 6.79. The highest BCUT2D eigenvalue weighted by Gasteiger charge is 2.20. The molecule has 1 aliphatic rings. The minimum atomic E-state index is -0.319. The van der Waals surface area contributed by atoms with Crippen LogP contribution in [0.25, 0.3) is 16.5 Å². The van der Waals surface area contributed by atoms with E-state index in [1.807, 2.05) is 13.0 Å². The van der Waals surface area contributed by atoms with Crippen LogP contribution in [0.1, 0.15) is 47.8 Å². The third-order valence-electron chi connectivity index (χ3n) is 6.33. The number of hydrogen-bond donors (Lipinski definition) is 1. The molecule has 0 unspecified atom stereocenters. The van der Waals surface area contributed by atoms with E-state index in [-0.39, 0.29) is 11.4 Å². The molecule has 35 heavy (non-hydrogen) atoms. The second-order valence-electron chi connectivity index (χ2n) is 8.46. The zero-order chi connectivity index (χ0) is 24.4. The number of rotatable bonds is 5. The van der Waals surface area contributed by atoms with Gasteiger partial charge in [0, 0.05) is 21.9 Å². The summed E-state index contributed by atoms with van der Waals surface area (Å²) in [5.74, 6) is 0.492. The SMILES string of the molecule is CCOc1ccc(-n2c(O)c(/C=N/c3sc4c(c3C#N)CCCCC4)c3ccccc3c2=O)cc1. The number of pyridine rings is 1. The lowest BCUT2D eigenvalue weighted by atomic mass is 10.1. The smallest absolute Gasteiger partial charge is 0.265 e. The molecular weight excluding hydrogens is 458 g/mol. The lowest BCUT2D eigenvalue weighted by Crippen LogP contribution is -2.20. The van der Waals surface area contributed by atoms with Crippen molar-refractivity contribution in [2.45, 2.75) is 39.0 Å². The van der Waals surface area contributed by atoms with E-state index in [4.69, 9.17) is 4.74 Å². The molecule has 2 heterocycles. The number of nitriles is 1. The lowest BCUT2D eigenvalue weighted by Gasteiger charge is -2.14. The number of ether oxygens (including phenoxy) is 1. The van der Waals surface area contributed by atoms with Crippen LogP contribution in [0.5, 0.6) is 11.6 Å². The fourth-order valence-electron chi connectivity index (χ4n) is 4.64. The van der Waals surface area contributed by atoms with E-state index in [2.05, 4.69) is 11.1 Å². The molecule has 0 aliphatic heterocycles.